The van der Waals surface area contributed by atoms with Crippen LogP contribution in [0.15, 0.2) is 382 Å². The molecule has 21 aromatic rings. The van der Waals surface area contributed by atoms with Gasteiger partial charge in [-0.15, -0.1) is 17.5 Å². The number of terminal acetylenes is 1. The molecule has 18 nitrogen and oxygen atoms in total. The Morgan fingerprint density at radius 2 is 0.532 bits per heavy atom. The van der Waals surface area contributed by atoms with E-state index in [4.69, 9.17) is 72.8 Å². The summed E-state index contributed by atoms with van der Waals surface area (Å²) in [7, 11) is -1.09. The Balaban J connectivity index is 0.000000195. The Kier molecular flexibility index (Phi) is 37.0. The van der Waals surface area contributed by atoms with Crippen molar-refractivity contribution in [3.05, 3.63) is 404 Å². The third-order valence-electron chi connectivity index (χ3n) is 21.6. The van der Waals surface area contributed by atoms with Crippen LogP contribution in [0.1, 0.15) is 34.4 Å². The molecule has 0 unspecified atom stereocenters. The molecule has 1 radical (unpaired) electrons. The van der Waals surface area contributed by atoms with Gasteiger partial charge in [-0.05, 0) is 194 Å². The summed E-state index contributed by atoms with van der Waals surface area (Å²) in [6, 6.07) is 129. The van der Waals surface area contributed by atoms with Gasteiger partial charge in [0.2, 0.25) is 5.28 Å². The summed E-state index contributed by atoms with van der Waals surface area (Å²) >= 11 is 6.23. The van der Waals surface area contributed by atoms with Crippen molar-refractivity contribution >= 4 is 107 Å². The molecule has 0 spiro atoms. The maximum absolute atomic E-state index is 8.64. The van der Waals surface area contributed by atoms with Crippen LogP contribution in [0.2, 0.25) is 44.6 Å². The average Bonchev–Trinajstić information content (AvgIpc) is 1.61. The van der Waals surface area contributed by atoms with Crippen molar-refractivity contribution in [3.63, 3.8) is 0 Å². The van der Waals surface area contributed by atoms with Gasteiger partial charge in [0, 0.05) is 119 Å². The van der Waals surface area contributed by atoms with Crippen molar-refractivity contribution in [2.75, 3.05) is 7.11 Å². The molecule has 6 aromatic heterocycles. The van der Waals surface area contributed by atoms with Crippen molar-refractivity contribution in [3.8, 4) is 149 Å². The van der Waals surface area contributed by atoms with Crippen LogP contribution < -0.4 is 113 Å². The summed E-state index contributed by atoms with van der Waals surface area (Å²) in [6.07, 6.45) is 5.55. The molecule has 0 amide bonds. The van der Waals surface area contributed by atoms with E-state index >= 15 is 0 Å². The van der Waals surface area contributed by atoms with Crippen molar-refractivity contribution in [2.24, 2.45) is 0 Å². The molecule has 0 atom stereocenters. The van der Waals surface area contributed by atoms with E-state index in [1.165, 1.54) is 65.4 Å². The number of halogens is 1. The van der Waals surface area contributed by atoms with E-state index < -0.39 is 16.1 Å². The molecule has 0 aliphatic rings. The van der Waals surface area contributed by atoms with Crippen LogP contribution in [-0.2, 0) is 9.68 Å². The topological polar surface area (TPSA) is 230 Å². The van der Waals surface area contributed by atoms with E-state index in [-0.39, 0.29) is 132 Å². The zero-order valence-corrected chi connectivity index (χ0v) is 85.9. The van der Waals surface area contributed by atoms with E-state index in [1.54, 1.807) is 12.1 Å². The molecule has 0 fully saturated rings. The number of carbonyl (C=O) groups is 1. The summed E-state index contributed by atoms with van der Waals surface area (Å²) < 4.78 is 11.7. The van der Waals surface area contributed by atoms with Crippen LogP contribution in [-0.4, -0.2) is 106 Å². The molecule has 0 saturated heterocycles. The second-order valence-electron chi connectivity index (χ2n) is 33.0. The average molecular weight is 1930 g/mol. The Bertz CT molecular complexity index is 7810. The predicted molar refractivity (Wildman–Crippen MR) is 566 cm³/mol. The quantitative estimate of drug-likeness (QED) is 0.0339. The summed E-state index contributed by atoms with van der Waals surface area (Å²) in [5.74, 6) is 14.6. The van der Waals surface area contributed by atoms with E-state index in [0.29, 0.717) is 60.0 Å². The first-order valence-corrected chi connectivity index (χ1v) is 50.8. The smallest absolute Gasteiger partial charge is 1.00 e. The van der Waals surface area contributed by atoms with Gasteiger partial charge in [-0.2, -0.15) is 9.97 Å². The number of carbonyl (C=O) groups excluding carboxylic acids is 1. The van der Waals surface area contributed by atoms with E-state index in [1.807, 2.05) is 152 Å². The zero-order valence-electron chi connectivity index (χ0n) is 77.9. The van der Waals surface area contributed by atoms with Crippen LogP contribution in [0.3, 0.4) is 0 Å². The second kappa shape index (κ2) is 49.3. The second-order valence-corrected chi connectivity index (χ2v) is 42.8. The van der Waals surface area contributed by atoms with Crippen LogP contribution in [0.25, 0.3) is 174 Å². The van der Waals surface area contributed by atoms with Gasteiger partial charge in [0.1, 0.15) is 21.9 Å². The fourth-order valence-electron chi connectivity index (χ4n) is 15.4. The number of nitrogens with zero attached hydrogens (tertiary/aromatic N) is 12. The molecule has 0 saturated carbocycles. The third-order valence-corrected chi connectivity index (χ3v) is 23.5. The van der Waals surface area contributed by atoms with Gasteiger partial charge < -0.3 is 40.1 Å². The van der Waals surface area contributed by atoms with Gasteiger partial charge in [-0.25, -0.2) is 34.9 Å². The summed E-state index contributed by atoms with van der Waals surface area (Å²) in [6.45, 7) is 13.2. The SMILES string of the molecule is C.C.C#Cc1ccc(-c2nc(-c3ccccc3)nc(-c3ccc(-n4c5ccccc5c5ccccc54)cc3)n2)cc1.CO.C[Si](C)(C)C#Cc1ccc(-c2nc(-c3ccccc3)nc(-c3ccc(-n4c5ccccc5c5ccccc54)cc3)n2)cc1.C[Si](C)(C)C#Cc1ccc(O[B]O)cc1.Clc1nc(-c2ccccc2)nc(-c2ccc(-n3c4ccccc4c4ccccc43)cc2)n1.O=CO[O-].[H-].[HH].[K+].[K+]. The zero-order chi connectivity index (χ0) is 93.8. The van der Waals surface area contributed by atoms with E-state index in [2.05, 4.69) is 320 Å². The molecule has 21 rings (SSSR count). The van der Waals surface area contributed by atoms with Crippen LogP contribution in [0, 0.1) is 35.3 Å². The standard InChI is InChI=1S/C38H30N4Si.C35H22N4.C27H17ClN4.C11H14BO2Si.CH2O3.CH4O.2CH4.2K.H2.H/c1-43(2,3)26-25-27-17-19-29(20-18-27)37-39-36(28-11-5-4-6-12-28)40-38(41-37)30-21-23-31(24-22-30)42-34-15-9-7-13-32(34)33-14-8-10-16-35(33)42;1-2-24-16-18-26(19-17-24)34-36-33(25-10-4-3-5-11-25)37-35(38-34)27-20-22-28(23-21-27)39-31-14-8-6-12-29(31)30-13-7-9-15-32(30)39;28-27-30-25(18-8-2-1-3-9-18)29-26(31-27)19-14-16-20(17-15-19)32-23-12-6-4-10-21(23)22-11-5-7-13-24(22)32;1-15(2,3)9-8-10-4-6-11(7-5-10)14-12-13;2-1-4-3;1-2;;;;;;/h4-24H,1-3H3;1,3-23H;1-17H;4-7,13H,1-3H3;1,3H;2H,1H3;2*1H4;;;1H;/q;;;;;;;;2*+1;;-1/p-1. The number of hydrogen-bond donors (Lipinski definition) is 2. The fraction of sp³-hybridized carbons (Fsp3) is 0.0783. The van der Waals surface area contributed by atoms with E-state index in [9.17, 15) is 0 Å². The summed E-state index contributed by atoms with van der Waals surface area (Å²) in [5.41, 5.74) is 27.2. The number of aliphatic hydroxyl groups excluding tert-OH is 1. The van der Waals surface area contributed by atoms with Gasteiger partial charge in [0.05, 0.1) is 33.1 Å². The van der Waals surface area contributed by atoms with Gasteiger partial charge in [0.25, 0.3) is 6.47 Å². The Labute approximate surface area is 905 Å². The number of aromatic nitrogens is 12. The molecule has 2 N–H and O–H groups in total. The number of para-hydroxylation sites is 6. The van der Waals surface area contributed by atoms with Crippen molar-refractivity contribution < 1.29 is 135 Å². The minimum absolute atomic E-state index is 0. The van der Waals surface area contributed by atoms with Gasteiger partial charge in [0.15, 0.2) is 46.6 Å². The maximum atomic E-state index is 8.64. The van der Waals surface area contributed by atoms with Gasteiger partial charge in [-0.1, -0.05) is 272 Å². The molecular formula is C115H99BClK2N12O6Si2. The van der Waals surface area contributed by atoms with Crippen molar-refractivity contribution in [1.82, 2.24) is 58.6 Å². The summed E-state index contributed by atoms with van der Waals surface area (Å²) in [5, 5.41) is 31.5. The third kappa shape index (κ3) is 25.6. The van der Waals surface area contributed by atoms with Crippen LogP contribution in [0.5, 0.6) is 5.75 Å². The monoisotopic (exact) mass is 1920 g/mol. The molecule has 0 aliphatic carbocycles. The fourth-order valence-corrected chi connectivity index (χ4v) is 16.6. The maximum Gasteiger partial charge on any atom is 1.00 e. The number of rotatable bonds is 14. The van der Waals surface area contributed by atoms with Crippen LogP contribution >= 0.6 is 11.6 Å². The molecule has 675 valence electrons. The first-order chi connectivity index (χ1) is 65.9. The van der Waals surface area contributed by atoms with Crippen LogP contribution in [0.4, 0.5) is 0 Å². The number of fused-ring (bicyclic) bond motifs is 9. The van der Waals surface area contributed by atoms with Crippen molar-refractivity contribution in [2.45, 2.75) is 54.1 Å². The molecule has 0 bridgehead atoms. The summed E-state index contributed by atoms with van der Waals surface area (Å²) in [4.78, 5) is 53.8. The molecule has 139 heavy (non-hydrogen) atoms. The Hall–Kier alpha value is -13.4. The normalized spacial score (nSPS) is 10.5. The molecular weight excluding hydrogens is 1830 g/mol. The number of aliphatic hydroxyl groups is 1. The molecule has 0 aliphatic heterocycles. The van der Waals surface area contributed by atoms with E-state index in [0.717, 1.165) is 85.4 Å². The van der Waals surface area contributed by atoms with Crippen molar-refractivity contribution in [1.29, 1.82) is 0 Å². The molecule has 24 heteroatoms. The molecule has 15 aromatic carbocycles. The predicted octanol–water partition coefficient (Wildman–Crippen LogP) is 19.6. The first-order valence-electron chi connectivity index (χ1n) is 43.4. The Morgan fingerprint density at radius 1 is 0.331 bits per heavy atom. The minimum atomic E-state index is -1.45. The van der Waals surface area contributed by atoms with Gasteiger partial charge >= 0.3 is 110 Å². The molecule has 6 heterocycles. The Morgan fingerprint density at radius 3 is 0.755 bits per heavy atom. The minimum Gasteiger partial charge on any atom is -1.00 e. The largest absolute Gasteiger partial charge is 1.00 e. The van der Waals surface area contributed by atoms with Gasteiger partial charge in [-0.3, -0.25) is 4.79 Å². The number of benzene rings is 15. The number of hydrogen-bond acceptors (Lipinski definition) is 15. The first kappa shape index (κ1) is 105.